The average molecular weight is 280 g/mol. The second-order valence-corrected chi connectivity index (χ2v) is 5.16. The zero-order chi connectivity index (χ0) is 13.6. The summed E-state index contributed by atoms with van der Waals surface area (Å²) in [5, 5.41) is 11.1. The molecule has 1 N–H and O–H groups in total. The minimum Gasteiger partial charge on any atom is -0.481 e. The van der Waals surface area contributed by atoms with Crippen molar-refractivity contribution in [2.45, 2.75) is 19.5 Å². The monoisotopic (exact) mass is 280 g/mol. The van der Waals surface area contributed by atoms with Crippen LogP contribution in [-0.2, 0) is 4.79 Å². The second-order valence-electron chi connectivity index (χ2n) is 4.33. The average Bonchev–Trinajstić information content (AvgIpc) is 2.82. The molecule has 1 unspecified atom stereocenters. The van der Waals surface area contributed by atoms with Gasteiger partial charge < -0.3 is 10.0 Å². The van der Waals surface area contributed by atoms with E-state index in [1.54, 1.807) is 12.3 Å². The number of aliphatic carboxylic acids is 1. The van der Waals surface area contributed by atoms with Gasteiger partial charge in [0.25, 0.3) is 0 Å². The first-order valence-corrected chi connectivity index (χ1v) is 6.11. The molecule has 18 heavy (non-hydrogen) atoms. The number of carboxylic acid groups (broad SMARTS) is 1. The minimum absolute atomic E-state index is 0.0543. The molecule has 0 spiro atoms. The molecule has 0 saturated carbocycles. The zero-order valence-electron chi connectivity index (χ0n) is 9.49. The second kappa shape index (κ2) is 4.11. The number of carbonyl (C=O) groups is 1. The molecule has 2 heterocycles. The molecule has 1 aromatic heterocycles. The van der Waals surface area contributed by atoms with Crippen molar-refractivity contribution in [1.82, 2.24) is 4.98 Å². The van der Waals surface area contributed by atoms with E-state index >= 15 is 0 Å². The van der Waals surface area contributed by atoms with Gasteiger partial charge in [0.1, 0.15) is 0 Å². The number of anilines is 1. The van der Waals surface area contributed by atoms with E-state index in [-0.39, 0.29) is 6.54 Å². The molecule has 0 aromatic carbocycles. The van der Waals surface area contributed by atoms with E-state index in [0.29, 0.717) is 5.13 Å². The van der Waals surface area contributed by atoms with E-state index in [2.05, 4.69) is 4.98 Å². The Morgan fingerprint density at radius 2 is 2.28 bits per heavy atom. The molecule has 2 rings (SSSR count). The van der Waals surface area contributed by atoms with Gasteiger partial charge >= 0.3 is 12.1 Å². The molecular weight excluding hydrogens is 269 g/mol. The maximum Gasteiger partial charge on any atom is 0.406 e. The maximum absolute atomic E-state index is 12.9. The predicted molar refractivity (Wildman–Crippen MR) is 59.8 cm³/mol. The van der Waals surface area contributed by atoms with Crippen LogP contribution in [0.3, 0.4) is 0 Å². The highest BCUT2D eigenvalue weighted by atomic mass is 32.1. The van der Waals surface area contributed by atoms with Gasteiger partial charge in [-0.2, -0.15) is 13.2 Å². The molecular formula is C10H11F3N2O2S. The molecule has 0 aliphatic carbocycles. The van der Waals surface area contributed by atoms with E-state index < -0.39 is 30.5 Å². The quantitative estimate of drug-likeness (QED) is 0.903. The van der Waals surface area contributed by atoms with Crippen LogP contribution in [0.15, 0.2) is 5.38 Å². The third-order valence-corrected chi connectivity index (χ3v) is 4.12. The van der Waals surface area contributed by atoms with Crippen LogP contribution < -0.4 is 4.90 Å². The topological polar surface area (TPSA) is 53.4 Å². The van der Waals surface area contributed by atoms with Gasteiger partial charge in [-0.25, -0.2) is 4.98 Å². The van der Waals surface area contributed by atoms with Crippen molar-refractivity contribution in [2.24, 2.45) is 5.41 Å². The number of aromatic nitrogens is 1. The molecule has 4 nitrogen and oxygen atoms in total. The van der Waals surface area contributed by atoms with Crippen molar-refractivity contribution in [3.8, 4) is 0 Å². The van der Waals surface area contributed by atoms with Gasteiger partial charge in [0.15, 0.2) is 10.5 Å². The highest BCUT2D eigenvalue weighted by molar-refractivity contribution is 7.13. The standard InChI is InChI=1S/C10H11F3N2O2S/c1-6-4-18-8(14-6)15-3-2-9(5-15,7(16)17)10(11,12)13/h4H,2-3,5H2,1H3,(H,16,17). The molecule has 1 aliphatic heterocycles. The Bertz CT molecular complexity index is 474. The highest BCUT2D eigenvalue weighted by Gasteiger charge is 2.63. The Morgan fingerprint density at radius 1 is 1.61 bits per heavy atom. The Kier molecular flexibility index (Phi) is 3.00. The summed E-state index contributed by atoms with van der Waals surface area (Å²) in [6, 6.07) is 0. The van der Waals surface area contributed by atoms with Crippen LogP contribution in [-0.4, -0.2) is 35.3 Å². The van der Waals surface area contributed by atoms with Gasteiger partial charge in [-0.3, -0.25) is 4.79 Å². The highest BCUT2D eigenvalue weighted by Crippen LogP contribution is 2.46. The van der Waals surface area contributed by atoms with Crippen LogP contribution in [0, 0.1) is 12.3 Å². The molecule has 1 aliphatic rings. The van der Waals surface area contributed by atoms with Gasteiger partial charge in [0.05, 0.1) is 5.69 Å². The summed E-state index contributed by atoms with van der Waals surface area (Å²) in [5.74, 6) is -1.81. The van der Waals surface area contributed by atoms with E-state index in [1.807, 2.05) is 0 Å². The SMILES string of the molecule is Cc1csc(N2CCC(C(=O)O)(C(F)(F)F)C2)n1. The molecule has 1 saturated heterocycles. The van der Waals surface area contributed by atoms with Gasteiger partial charge in [0.2, 0.25) is 0 Å². The number of carboxylic acids is 1. The molecule has 0 bridgehead atoms. The fraction of sp³-hybridized carbons (Fsp3) is 0.600. The van der Waals surface area contributed by atoms with Crippen molar-refractivity contribution in [1.29, 1.82) is 0 Å². The fourth-order valence-corrected chi connectivity index (χ4v) is 2.82. The van der Waals surface area contributed by atoms with Crippen LogP contribution in [0.4, 0.5) is 18.3 Å². The first-order chi connectivity index (χ1) is 8.26. The lowest BCUT2D eigenvalue weighted by molar-refractivity contribution is -0.225. The molecule has 0 radical (unpaired) electrons. The lowest BCUT2D eigenvalue weighted by Gasteiger charge is -2.27. The van der Waals surface area contributed by atoms with Gasteiger partial charge in [0, 0.05) is 18.5 Å². The smallest absolute Gasteiger partial charge is 0.406 e. The van der Waals surface area contributed by atoms with Crippen molar-refractivity contribution in [3.63, 3.8) is 0 Å². The largest absolute Gasteiger partial charge is 0.481 e. The van der Waals surface area contributed by atoms with Crippen molar-refractivity contribution in [3.05, 3.63) is 11.1 Å². The van der Waals surface area contributed by atoms with E-state index in [9.17, 15) is 18.0 Å². The Morgan fingerprint density at radius 3 is 2.67 bits per heavy atom. The van der Waals surface area contributed by atoms with Crippen molar-refractivity contribution < 1.29 is 23.1 Å². The summed E-state index contributed by atoms with van der Waals surface area (Å²) >= 11 is 1.22. The number of aryl methyl sites for hydroxylation is 1. The normalized spacial score (nSPS) is 24.6. The molecule has 8 heteroatoms. The first kappa shape index (κ1) is 13.1. The number of hydrogen-bond donors (Lipinski definition) is 1. The number of alkyl halides is 3. The lowest BCUT2D eigenvalue weighted by atomic mass is 9.86. The van der Waals surface area contributed by atoms with Crippen molar-refractivity contribution >= 4 is 22.4 Å². The number of rotatable bonds is 2. The van der Waals surface area contributed by atoms with Crippen molar-refractivity contribution in [2.75, 3.05) is 18.0 Å². The molecule has 1 aromatic rings. The molecule has 0 amide bonds. The van der Waals surface area contributed by atoms with Crippen LogP contribution in [0.1, 0.15) is 12.1 Å². The summed E-state index contributed by atoms with van der Waals surface area (Å²) in [7, 11) is 0. The first-order valence-electron chi connectivity index (χ1n) is 5.23. The van der Waals surface area contributed by atoms with E-state index in [1.165, 1.54) is 16.2 Å². The predicted octanol–water partition coefficient (Wildman–Crippen LogP) is 2.29. The summed E-state index contributed by atoms with van der Waals surface area (Å²) in [4.78, 5) is 16.5. The number of nitrogens with zero attached hydrogens (tertiary/aromatic N) is 2. The number of halogens is 3. The number of hydrogen-bond acceptors (Lipinski definition) is 4. The Hall–Kier alpha value is -1.31. The van der Waals surface area contributed by atoms with E-state index in [0.717, 1.165) is 5.69 Å². The minimum atomic E-state index is -4.75. The maximum atomic E-state index is 12.9. The summed E-state index contributed by atoms with van der Waals surface area (Å²) < 4.78 is 38.8. The summed E-state index contributed by atoms with van der Waals surface area (Å²) in [6.45, 7) is 1.22. The fourth-order valence-electron chi connectivity index (χ4n) is 1.99. The van der Waals surface area contributed by atoms with Crippen LogP contribution in [0.5, 0.6) is 0 Å². The van der Waals surface area contributed by atoms with Crippen LogP contribution >= 0.6 is 11.3 Å². The molecule has 100 valence electrons. The van der Waals surface area contributed by atoms with Gasteiger partial charge in [-0.05, 0) is 13.3 Å². The van der Waals surface area contributed by atoms with Gasteiger partial charge in [-0.1, -0.05) is 0 Å². The Balaban J connectivity index is 2.27. The third kappa shape index (κ3) is 1.94. The summed E-state index contributed by atoms with van der Waals surface area (Å²) in [6.07, 6.45) is -5.19. The Labute approximate surface area is 105 Å². The summed E-state index contributed by atoms with van der Waals surface area (Å²) in [5.41, 5.74) is -1.96. The third-order valence-electron chi connectivity index (χ3n) is 3.10. The zero-order valence-corrected chi connectivity index (χ0v) is 10.3. The van der Waals surface area contributed by atoms with Gasteiger partial charge in [-0.15, -0.1) is 11.3 Å². The molecule has 1 atom stereocenters. The lowest BCUT2D eigenvalue weighted by Crippen LogP contribution is -2.47. The van der Waals surface area contributed by atoms with E-state index in [4.69, 9.17) is 5.11 Å². The molecule has 1 fully saturated rings. The van der Waals surface area contributed by atoms with Crippen LogP contribution in [0.25, 0.3) is 0 Å². The van der Waals surface area contributed by atoms with Crippen LogP contribution in [0.2, 0.25) is 0 Å². The number of thiazole rings is 1.